The molecular weight excluding hydrogens is 326 g/mol. The molecule has 26 heavy (non-hydrogen) atoms. The van der Waals surface area contributed by atoms with Gasteiger partial charge in [0.2, 0.25) is 0 Å². The van der Waals surface area contributed by atoms with E-state index in [1.54, 1.807) is 43.4 Å². The van der Waals surface area contributed by atoms with Gasteiger partial charge in [0, 0.05) is 36.7 Å². The summed E-state index contributed by atoms with van der Waals surface area (Å²) in [5.41, 5.74) is 1.59. The Balaban J connectivity index is 1.82. The monoisotopic (exact) mass is 349 g/mol. The molecule has 0 atom stereocenters. The molecule has 1 aromatic heterocycles. The van der Waals surface area contributed by atoms with Crippen LogP contribution in [-0.4, -0.2) is 37.6 Å². The van der Waals surface area contributed by atoms with E-state index in [9.17, 15) is 9.90 Å². The van der Waals surface area contributed by atoms with Gasteiger partial charge in [0.25, 0.3) is 5.91 Å². The first kappa shape index (κ1) is 17.9. The van der Waals surface area contributed by atoms with Crippen molar-refractivity contribution in [3.05, 3.63) is 84.4 Å². The summed E-state index contributed by atoms with van der Waals surface area (Å²) in [6, 6.07) is 17.2. The number of carbonyl (C=O) groups excluding carboxylic acids is 1. The van der Waals surface area contributed by atoms with Crippen molar-refractivity contribution in [2.45, 2.75) is 26.0 Å². The van der Waals surface area contributed by atoms with Crippen LogP contribution in [0.15, 0.2) is 73.3 Å². The van der Waals surface area contributed by atoms with Crippen LogP contribution in [0.1, 0.15) is 29.8 Å². The zero-order valence-electron chi connectivity index (χ0n) is 15.0. The SMILES string of the molecule is CC(C)(O)CN(Cc1ccccc1)C(=O)c1ccc(-n2ccnc2)cc1. The lowest BCUT2D eigenvalue weighted by Gasteiger charge is -2.29. The van der Waals surface area contributed by atoms with Crippen LogP contribution >= 0.6 is 0 Å². The number of carbonyl (C=O) groups is 1. The van der Waals surface area contributed by atoms with Gasteiger partial charge in [0.05, 0.1) is 11.9 Å². The third-order valence-electron chi connectivity index (χ3n) is 4.00. The summed E-state index contributed by atoms with van der Waals surface area (Å²) in [5, 5.41) is 10.2. The average Bonchev–Trinajstić information content (AvgIpc) is 3.15. The molecule has 0 radical (unpaired) electrons. The fourth-order valence-corrected chi connectivity index (χ4v) is 2.84. The van der Waals surface area contributed by atoms with Crippen LogP contribution in [0.25, 0.3) is 5.69 Å². The molecule has 0 fully saturated rings. The predicted octanol–water partition coefficient (Wildman–Crippen LogP) is 3.29. The highest BCUT2D eigenvalue weighted by atomic mass is 16.3. The zero-order chi connectivity index (χ0) is 18.6. The molecule has 1 amide bonds. The molecule has 3 rings (SSSR count). The van der Waals surface area contributed by atoms with E-state index in [-0.39, 0.29) is 12.5 Å². The lowest BCUT2D eigenvalue weighted by Crippen LogP contribution is -2.41. The second-order valence-electron chi connectivity index (χ2n) is 6.98. The largest absolute Gasteiger partial charge is 0.389 e. The summed E-state index contributed by atoms with van der Waals surface area (Å²) in [6.45, 7) is 4.12. The summed E-state index contributed by atoms with van der Waals surface area (Å²) in [4.78, 5) is 18.7. The van der Waals surface area contributed by atoms with E-state index in [2.05, 4.69) is 4.98 Å². The summed E-state index contributed by atoms with van der Waals surface area (Å²) in [5.74, 6) is -0.104. The minimum absolute atomic E-state index is 0.104. The highest BCUT2D eigenvalue weighted by molar-refractivity contribution is 5.94. The molecule has 0 aliphatic carbocycles. The first-order chi connectivity index (χ1) is 12.4. The second kappa shape index (κ2) is 7.54. The highest BCUT2D eigenvalue weighted by Crippen LogP contribution is 2.16. The Morgan fingerprint density at radius 1 is 1.12 bits per heavy atom. The summed E-state index contributed by atoms with van der Waals surface area (Å²) < 4.78 is 1.88. The number of amides is 1. The average molecular weight is 349 g/mol. The van der Waals surface area contributed by atoms with Crippen molar-refractivity contribution in [3.63, 3.8) is 0 Å². The predicted molar refractivity (Wildman–Crippen MR) is 101 cm³/mol. The minimum Gasteiger partial charge on any atom is -0.389 e. The third kappa shape index (κ3) is 4.58. The van der Waals surface area contributed by atoms with Crippen molar-refractivity contribution in [1.82, 2.24) is 14.5 Å². The van der Waals surface area contributed by atoms with Gasteiger partial charge in [0.15, 0.2) is 0 Å². The normalized spacial score (nSPS) is 11.3. The Kier molecular flexibility index (Phi) is 5.19. The van der Waals surface area contributed by atoms with Crippen molar-refractivity contribution in [2.24, 2.45) is 0 Å². The van der Waals surface area contributed by atoms with Crippen LogP contribution in [-0.2, 0) is 6.54 Å². The number of aromatic nitrogens is 2. The van der Waals surface area contributed by atoms with E-state index in [0.29, 0.717) is 12.1 Å². The Morgan fingerprint density at radius 3 is 2.38 bits per heavy atom. The van der Waals surface area contributed by atoms with Gasteiger partial charge in [0.1, 0.15) is 0 Å². The summed E-state index contributed by atoms with van der Waals surface area (Å²) in [7, 11) is 0. The Bertz CT molecular complexity index is 835. The topological polar surface area (TPSA) is 58.4 Å². The lowest BCUT2D eigenvalue weighted by molar-refractivity contribution is 0.0280. The molecular formula is C21H23N3O2. The summed E-state index contributed by atoms with van der Waals surface area (Å²) in [6.07, 6.45) is 5.28. The molecule has 5 heteroatoms. The third-order valence-corrected chi connectivity index (χ3v) is 4.00. The van der Waals surface area contributed by atoms with E-state index in [4.69, 9.17) is 0 Å². The maximum atomic E-state index is 13.0. The molecule has 0 unspecified atom stereocenters. The van der Waals surface area contributed by atoms with Crippen LogP contribution < -0.4 is 0 Å². The molecule has 0 bridgehead atoms. The molecule has 2 aromatic carbocycles. The van der Waals surface area contributed by atoms with Crippen molar-refractivity contribution >= 4 is 5.91 Å². The maximum absolute atomic E-state index is 13.0. The van der Waals surface area contributed by atoms with Crippen LogP contribution in [0.2, 0.25) is 0 Å². The lowest BCUT2D eigenvalue weighted by atomic mass is 10.1. The van der Waals surface area contributed by atoms with Crippen molar-refractivity contribution in [2.75, 3.05) is 6.54 Å². The molecule has 0 spiro atoms. The molecule has 1 heterocycles. The van der Waals surface area contributed by atoms with E-state index >= 15 is 0 Å². The van der Waals surface area contributed by atoms with Gasteiger partial charge in [-0.1, -0.05) is 30.3 Å². The smallest absolute Gasteiger partial charge is 0.254 e. The van der Waals surface area contributed by atoms with Crippen molar-refractivity contribution < 1.29 is 9.90 Å². The highest BCUT2D eigenvalue weighted by Gasteiger charge is 2.23. The van der Waals surface area contributed by atoms with Crippen LogP contribution in [0.5, 0.6) is 0 Å². The number of hydrogen-bond donors (Lipinski definition) is 1. The van der Waals surface area contributed by atoms with Crippen molar-refractivity contribution in [1.29, 1.82) is 0 Å². The molecule has 134 valence electrons. The minimum atomic E-state index is -0.971. The summed E-state index contributed by atoms with van der Waals surface area (Å²) >= 11 is 0. The fourth-order valence-electron chi connectivity index (χ4n) is 2.84. The van der Waals surface area contributed by atoms with Gasteiger partial charge >= 0.3 is 0 Å². The van der Waals surface area contributed by atoms with E-state index in [0.717, 1.165) is 11.3 Å². The molecule has 0 aliphatic rings. The number of benzene rings is 2. The second-order valence-corrected chi connectivity index (χ2v) is 6.98. The number of rotatable bonds is 6. The molecule has 5 nitrogen and oxygen atoms in total. The number of imidazole rings is 1. The van der Waals surface area contributed by atoms with Crippen LogP contribution in [0.3, 0.4) is 0 Å². The van der Waals surface area contributed by atoms with E-state index < -0.39 is 5.60 Å². The molecule has 0 aliphatic heterocycles. The standard InChI is InChI=1S/C21H23N3O2/c1-21(2,26)15-24(14-17-6-4-3-5-7-17)20(25)18-8-10-19(11-9-18)23-13-12-22-16-23/h3-13,16,26H,14-15H2,1-2H3. The van der Waals surface area contributed by atoms with Gasteiger partial charge in [-0.05, 0) is 43.7 Å². The van der Waals surface area contributed by atoms with Gasteiger partial charge < -0.3 is 14.6 Å². The van der Waals surface area contributed by atoms with Crippen LogP contribution in [0, 0.1) is 0 Å². The number of aliphatic hydroxyl groups is 1. The molecule has 0 saturated heterocycles. The molecule has 0 saturated carbocycles. The van der Waals surface area contributed by atoms with Gasteiger partial charge in [-0.3, -0.25) is 4.79 Å². The van der Waals surface area contributed by atoms with E-state index in [1.807, 2.05) is 53.2 Å². The fraction of sp³-hybridized carbons (Fsp3) is 0.238. The Hall–Kier alpha value is -2.92. The molecule has 3 aromatic rings. The van der Waals surface area contributed by atoms with Crippen molar-refractivity contribution in [3.8, 4) is 5.69 Å². The maximum Gasteiger partial charge on any atom is 0.254 e. The van der Waals surface area contributed by atoms with Gasteiger partial charge in [-0.2, -0.15) is 0 Å². The number of hydrogen-bond acceptors (Lipinski definition) is 3. The first-order valence-electron chi connectivity index (χ1n) is 8.56. The zero-order valence-corrected chi connectivity index (χ0v) is 15.0. The Morgan fingerprint density at radius 2 is 1.81 bits per heavy atom. The number of nitrogens with zero attached hydrogens (tertiary/aromatic N) is 3. The Labute approximate surface area is 153 Å². The first-order valence-corrected chi connectivity index (χ1v) is 8.56. The van der Waals surface area contributed by atoms with E-state index in [1.165, 1.54) is 0 Å². The van der Waals surface area contributed by atoms with Crippen LogP contribution in [0.4, 0.5) is 0 Å². The van der Waals surface area contributed by atoms with Gasteiger partial charge in [-0.15, -0.1) is 0 Å². The molecule has 1 N–H and O–H groups in total. The quantitative estimate of drug-likeness (QED) is 0.743. The van der Waals surface area contributed by atoms with Gasteiger partial charge in [-0.25, -0.2) is 4.98 Å².